The van der Waals surface area contributed by atoms with Gasteiger partial charge in [-0.15, -0.1) is 11.3 Å². The molecule has 172 valence electrons. The van der Waals surface area contributed by atoms with Crippen molar-refractivity contribution in [2.75, 3.05) is 43.4 Å². The Morgan fingerprint density at radius 2 is 1.66 bits per heavy atom. The summed E-state index contributed by atoms with van der Waals surface area (Å²) in [7, 11) is 2.13. The van der Waals surface area contributed by atoms with Gasteiger partial charge in [-0.05, 0) is 60.5 Å². The number of fused-ring (bicyclic) bond motifs is 1. The molecule has 0 bridgehead atoms. The maximum Gasteiger partial charge on any atom is 0.339 e. The van der Waals surface area contributed by atoms with Gasteiger partial charge in [0, 0.05) is 42.3 Å². The lowest BCUT2D eigenvalue weighted by molar-refractivity contribution is 0.0696. The van der Waals surface area contributed by atoms with Crippen molar-refractivity contribution in [1.29, 1.82) is 0 Å². The minimum atomic E-state index is -0.975. The van der Waals surface area contributed by atoms with Crippen molar-refractivity contribution in [3.8, 4) is 0 Å². The second kappa shape index (κ2) is 8.19. The maximum absolute atomic E-state index is 13.0. The van der Waals surface area contributed by atoms with E-state index in [0.29, 0.717) is 17.0 Å². The van der Waals surface area contributed by atoms with Crippen molar-refractivity contribution in [3.05, 3.63) is 45.8 Å². The van der Waals surface area contributed by atoms with Crippen LogP contribution in [0.2, 0.25) is 0 Å². The van der Waals surface area contributed by atoms with Crippen LogP contribution in [0.4, 0.5) is 10.7 Å². The highest BCUT2D eigenvalue weighted by Gasteiger charge is 2.42. The van der Waals surface area contributed by atoms with Gasteiger partial charge in [-0.25, -0.2) is 4.79 Å². The first-order valence-corrected chi connectivity index (χ1v) is 12.0. The number of likely N-dealkylation sites (N-methyl/N-ethyl adjacent to an activating group) is 1. The zero-order valence-electron chi connectivity index (χ0n) is 19.6. The predicted octanol–water partition coefficient (Wildman–Crippen LogP) is 4.70. The van der Waals surface area contributed by atoms with Gasteiger partial charge < -0.3 is 20.2 Å². The van der Waals surface area contributed by atoms with Crippen molar-refractivity contribution in [2.45, 2.75) is 46.0 Å². The number of amides is 1. The van der Waals surface area contributed by atoms with Gasteiger partial charge in [0.15, 0.2) is 0 Å². The van der Waals surface area contributed by atoms with Crippen LogP contribution in [0.25, 0.3) is 0 Å². The number of aromatic carboxylic acids is 1. The average Bonchev–Trinajstić information content (AvgIpc) is 3.06. The number of rotatable bonds is 4. The first kappa shape index (κ1) is 22.8. The minimum Gasteiger partial charge on any atom is -0.478 e. The predicted molar refractivity (Wildman–Crippen MR) is 131 cm³/mol. The van der Waals surface area contributed by atoms with E-state index in [9.17, 15) is 14.7 Å². The molecule has 1 saturated heterocycles. The summed E-state index contributed by atoms with van der Waals surface area (Å²) >= 11 is 1.42. The third kappa shape index (κ3) is 4.41. The van der Waals surface area contributed by atoms with Gasteiger partial charge in [-0.3, -0.25) is 4.79 Å². The molecule has 2 aromatic rings. The van der Waals surface area contributed by atoms with Gasteiger partial charge in [0.1, 0.15) is 5.00 Å². The molecule has 4 rings (SSSR count). The number of hydrogen-bond acceptors (Lipinski definition) is 5. The molecule has 1 aliphatic heterocycles. The highest BCUT2D eigenvalue weighted by molar-refractivity contribution is 7.17. The Bertz CT molecular complexity index is 1030. The summed E-state index contributed by atoms with van der Waals surface area (Å²) < 4.78 is 0. The van der Waals surface area contributed by atoms with Crippen LogP contribution in [-0.2, 0) is 11.8 Å². The molecule has 6 nitrogen and oxygen atoms in total. The summed E-state index contributed by atoms with van der Waals surface area (Å²) in [5.41, 5.74) is 2.67. The number of carboxylic acid groups (broad SMARTS) is 1. The maximum atomic E-state index is 13.0. The Hall–Kier alpha value is -2.38. The van der Waals surface area contributed by atoms with Gasteiger partial charge in [-0.1, -0.05) is 27.7 Å². The van der Waals surface area contributed by atoms with E-state index in [-0.39, 0.29) is 22.3 Å². The number of anilines is 2. The molecule has 0 spiro atoms. The summed E-state index contributed by atoms with van der Waals surface area (Å²) in [5.74, 6) is -1.25. The van der Waals surface area contributed by atoms with E-state index >= 15 is 0 Å². The number of hydrogen-bond donors (Lipinski definition) is 2. The molecule has 1 aromatic heterocycles. The van der Waals surface area contributed by atoms with Crippen LogP contribution in [0.3, 0.4) is 0 Å². The highest BCUT2D eigenvalue weighted by Crippen LogP contribution is 2.52. The standard InChI is InChI=1S/C25H33N3O3S/c1-24(2)14-18-19(23(30)31)22(32-20(18)25(3,4)15-24)26-21(29)16-6-8-17(9-7-16)28-12-10-27(5)11-13-28/h6-9H,10-15H2,1-5H3,(H,26,29)(H,30,31). The molecule has 2 N–H and O–H groups in total. The number of nitrogens with zero attached hydrogens (tertiary/aromatic N) is 2. The number of carbonyl (C=O) groups is 2. The molecule has 0 unspecified atom stereocenters. The summed E-state index contributed by atoms with van der Waals surface area (Å²) in [6.45, 7) is 12.7. The molecular formula is C25H33N3O3S. The van der Waals surface area contributed by atoms with Crippen LogP contribution in [0.15, 0.2) is 24.3 Å². The molecule has 1 aliphatic carbocycles. The molecule has 32 heavy (non-hydrogen) atoms. The Labute approximate surface area is 194 Å². The quantitative estimate of drug-likeness (QED) is 0.699. The fraction of sp³-hybridized carbons (Fsp3) is 0.520. The monoisotopic (exact) mass is 455 g/mol. The fourth-order valence-corrected chi connectivity index (χ4v) is 6.68. The lowest BCUT2D eigenvalue weighted by atomic mass is 9.65. The lowest BCUT2D eigenvalue weighted by Crippen LogP contribution is -2.44. The normalized spacial score (nSPS) is 20.0. The van der Waals surface area contributed by atoms with Gasteiger partial charge in [0.2, 0.25) is 0 Å². The third-order valence-corrected chi connectivity index (χ3v) is 8.15. The minimum absolute atomic E-state index is 0.0160. The summed E-state index contributed by atoms with van der Waals surface area (Å²) in [6.07, 6.45) is 1.69. The first-order chi connectivity index (χ1) is 15.0. The van der Waals surface area contributed by atoms with Crippen molar-refractivity contribution < 1.29 is 14.7 Å². The van der Waals surface area contributed by atoms with E-state index in [1.807, 2.05) is 24.3 Å². The van der Waals surface area contributed by atoms with E-state index in [4.69, 9.17) is 0 Å². The zero-order valence-corrected chi connectivity index (χ0v) is 20.4. The number of nitrogens with one attached hydrogen (secondary N) is 1. The van der Waals surface area contributed by atoms with E-state index in [0.717, 1.165) is 48.7 Å². The second-order valence-corrected chi connectivity index (χ2v) is 11.6. The summed E-state index contributed by atoms with van der Waals surface area (Å²) in [4.78, 5) is 30.9. The summed E-state index contributed by atoms with van der Waals surface area (Å²) in [5, 5.41) is 13.3. The fourth-order valence-electron chi connectivity index (χ4n) is 5.38. The molecular weight excluding hydrogens is 422 g/mol. The van der Waals surface area contributed by atoms with Crippen LogP contribution in [0, 0.1) is 5.41 Å². The van der Waals surface area contributed by atoms with Crippen molar-refractivity contribution in [3.63, 3.8) is 0 Å². The third-order valence-electron chi connectivity index (χ3n) is 6.64. The van der Waals surface area contributed by atoms with Crippen molar-refractivity contribution in [1.82, 2.24) is 4.90 Å². The lowest BCUT2D eigenvalue weighted by Gasteiger charge is -2.40. The number of benzene rings is 1. The average molecular weight is 456 g/mol. The van der Waals surface area contributed by atoms with E-state index < -0.39 is 5.97 Å². The van der Waals surface area contributed by atoms with Gasteiger partial charge in [0.05, 0.1) is 5.56 Å². The topological polar surface area (TPSA) is 72.9 Å². The molecule has 2 aliphatic rings. The Balaban J connectivity index is 1.57. The van der Waals surface area contributed by atoms with Crippen LogP contribution in [0.5, 0.6) is 0 Å². The SMILES string of the molecule is CN1CCN(c2ccc(C(=O)Nc3sc4c(c3C(=O)O)CC(C)(C)CC4(C)C)cc2)CC1. The Kier molecular flexibility index (Phi) is 5.84. The number of piperazine rings is 1. The molecule has 7 heteroatoms. The molecule has 1 fully saturated rings. The smallest absolute Gasteiger partial charge is 0.339 e. The van der Waals surface area contributed by atoms with Crippen LogP contribution in [-0.4, -0.2) is 55.1 Å². The van der Waals surface area contributed by atoms with E-state index in [1.165, 1.54) is 11.3 Å². The Morgan fingerprint density at radius 3 is 2.25 bits per heavy atom. The molecule has 0 atom stereocenters. The molecule has 0 saturated carbocycles. The second-order valence-electron chi connectivity index (χ2n) is 10.6. The Morgan fingerprint density at radius 1 is 1.03 bits per heavy atom. The van der Waals surface area contributed by atoms with Crippen molar-refractivity contribution in [2.24, 2.45) is 5.41 Å². The van der Waals surface area contributed by atoms with E-state index in [1.54, 1.807) is 0 Å². The van der Waals surface area contributed by atoms with Crippen LogP contribution < -0.4 is 10.2 Å². The van der Waals surface area contributed by atoms with Gasteiger partial charge in [0.25, 0.3) is 5.91 Å². The van der Waals surface area contributed by atoms with E-state index in [2.05, 4.69) is 49.9 Å². The number of carboxylic acids is 1. The number of carbonyl (C=O) groups excluding carboxylic acids is 1. The molecule has 0 radical (unpaired) electrons. The zero-order chi connectivity index (χ0) is 23.3. The number of thiophene rings is 1. The van der Waals surface area contributed by atoms with Gasteiger partial charge in [-0.2, -0.15) is 0 Å². The summed E-state index contributed by atoms with van der Waals surface area (Å²) in [6, 6.07) is 7.60. The van der Waals surface area contributed by atoms with Gasteiger partial charge >= 0.3 is 5.97 Å². The molecule has 2 heterocycles. The van der Waals surface area contributed by atoms with Crippen LogP contribution >= 0.6 is 11.3 Å². The molecule has 1 aromatic carbocycles. The largest absolute Gasteiger partial charge is 0.478 e. The van der Waals surface area contributed by atoms with Crippen molar-refractivity contribution >= 4 is 33.9 Å². The highest BCUT2D eigenvalue weighted by atomic mass is 32.1. The first-order valence-electron chi connectivity index (χ1n) is 11.2. The van der Waals surface area contributed by atoms with Crippen LogP contribution in [0.1, 0.15) is 65.3 Å². The molecule has 1 amide bonds.